The van der Waals surface area contributed by atoms with Gasteiger partial charge in [0.1, 0.15) is 5.70 Å². The molecule has 0 atom stereocenters. The standard InChI is InChI=1S/C21H22N8O2/c1-28(15-9-3-2-4-10-15)21-27-19(23-14-7-5-6-8-14)25-17-13(12-22-29(17)21)11-16-18(30)26-20(31)24-16/h2-4,9-12,14H,5-8H2,1H3,(H,23,25)(H2,24,26,30,31)/b16-11-. The van der Waals surface area contributed by atoms with Gasteiger partial charge in [0.25, 0.3) is 5.91 Å². The first-order chi connectivity index (χ1) is 15.1. The smallest absolute Gasteiger partial charge is 0.326 e. The zero-order chi connectivity index (χ0) is 21.4. The van der Waals surface area contributed by atoms with E-state index in [0.29, 0.717) is 29.1 Å². The number of nitrogens with one attached hydrogen (secondary N) is 3. The van der Waals surface area contributed by atoms with Crippen LogP contribution < -0.4 is 20.9 Å². The van der Waals surface area contributed by atoms with E-state index in [1.807, 2.05) is 42.3 Å². The van der Waals surface area contributed by atoms with Crippen molar-refractivity contribution in [1.29, 1.82) is 0 Å². The van der Waals surface area contributed by atoms with Crippen LogP contribution >= 0.6 is 0 Å². The second-order valence-corrected chi connectivity index (χ2v) is 7.67. The molecule has 3 N–H and O–H groups in total. The van der Waals surface area contributed by atoms with Crippen LogP contribution in [-0.4, -0.2) is 44.6 Å². The number of anilines is 3. The van der Waals surface area contributed by atoms with Crippen LogP contribution in [0, 0.1) is 0 Å². The first-order valence-corrected chi connectivity index (χ1v) is 10.2. The third-order valence-corrected chi connectivity index (χ3v) is 5.53. The maximum absolute atomic E-state index is 12.0. The number of imide groups is 1. The molecule has 1 aromatic carbocycles. The molecule has 0 spiro atoms. The summed E-state index contributed by atoms with van der Waals surface area (Å²) < 4.78 is 1.63. The SMILES string of the molecule is CN(c1ccccc1)c1nc(NC2CCCC2)nc2c(/C=C3\NC(=O)NC3=O)cnn12. The molecule has 31 heavy (non-hydrogen) atoms. The average molecular weight is 418 g/mol. The van der Waals surface area contributed by atoms with Crippen molar-refractivity contribution in [3.8, 4) is 0 Å². The maximum atomic E-state index is 12.0. The van der Waals surface area contributed by atoms with Crippen LogP contribution in [0.25, 0.3) is 11.7 Å². The Morgan fingerprint density at radius 2 is 1.90 bits per heavy atom. The van der Waals surface area contributed by atoms with Gasteiger partial charge in [0.2, 0.25) is 11.9 Å². The minimum Gasteiger partial charge on any atom is -0.351 e. The second kappa shape index (κ2) is 7.71. The van der Waals surface area contributed by atoms with Gasteiger partial charge >= 0.3 is 6.03 Å². The number of benzene rings is 1. The van der Waals surface area contributed by atoms with E-state index in [1.165, 1.54) is 12.8 Å². The van der Waals surface area contributed by atoms with Gasteiger partial charge in [-0.3, -0.25) is 10.1 Å². The van der Waals surface area contributed by atoms with E-state index in [4.69, 9.17) is 4.98 Å². The lowest BCUT2D eigenvalue weighted by Gasteiger charge is -2.20. The maximum Gasteiger partial charge on any atom is 0.326 e. The van der Waals surface area contributed by atoms with Gasteiger partial charge in [-0.05, 0) is 31.1 Å². The summed E-state index contributed by atoms with van der Waals surface area (Å²) in [5.74, 6) is 0.614. The van der Waals surface area contributed by atoms with Crippen molar-refractivity contribution in [2.75, 3.05) is 17.3 Å². The number of carbonyl (C=O) groups excluding carboxylic acids is 2. The number of para-hydroxylation sites is 1. The Balaban J connectivity index is 1.61. The third kappa shape index (κ3) is 3.67. The molecule has 0 unspecified atom stereocenters. The van der Waals surface area contributed by atoms with Gasteiger partial charge in [0.15, 0.2) is 5.65 Å². The summed E-state index contributed by atoms with van der Waals surface area (Å²) in [5.41, 5.74) is 2.25. The van der Waals surface area contributed by atoms with E-state index < -0.39 is 11.9 Å². The molecular formula is C21H22N8O2. The molecule has 2 fully saturated rings. The minimum atomic E-state index is -0.546. The van der Waals surface area contributed by atoms with Crippen molar-refractivity contribution in [2.45, 2.75) is 31.7 Å². The van der Waals surface area contributed by atoms with Crippen LogP contribution in [0.2, 0.25) is 0 Å². The highest BCUT2D eigenvalue weighted by molar-refractivity contribution is 6.14. The topological polar surface area (TPSA) is 117 Å². The van der Waals surface area contributed by atoms with Crippen LogP contribution in [-0.2, 0) is 4.79 Å². The molecule has 3 amide bonds. The highest BCUT2D eigenvalue weighted by Gasteiger charge is 2.25. The van der Waals surface area contributed by atoms with Gasteiger partial charge in [0, 0.05) is 24.3 Å². The second-order valence-electron chi connectivity index (χ2n) is 7.67. The van der Waals surface area contributed by atoms with Crippen LogP contribution in [0.1, 0.15) is 31.2 Å². The molecule has 5 rings (SSSR count). The van der Waals surface area contributed by atoms with Crippen LogP contribution in [0.15, 0.2) is 42.2 Å². The highest BCUT2D eigenvalue weighted by Crippen LogP contribution is 2.27. The van der Waals surface area contributed by atoms with Crippen LogP contribution in [0.3, 0.4) is 0 Å². The van der Waals surface area contributed by atoms with E-state index >= 15 is 0 Å². The molecule has 0 radical (unpaired) electrons. The van der Waals surface area contributed by atoms with Gasteiger partial charge in [-0.2, -0.15) is 19.6 Å². The molecule has 0 bridgehead atoms. The Labute approximate surface area is 178 Å². The fraction of sp³-hybridized carbons (Fsp3) is 0.286. The van der Waals surface area contributed by atoms with Crippen molar-refractivity contribution < 1.29 is 9.59 Å². The molecule has 2 aromatic heterocycles. The molecule has 10 heteroatoms. The first kappa shape index (κ1) is 19.0. The molecule has 158 valence electrons. The Morgan fingerprint density at radius 1 is 1.13 bits per heavy atom. The van der Waals surface area contributed by atoms with Crippen molar-refractivity contribution in [2.24, 2.45) is 0 Å². The minimum absolute atomic E-state index is 0.154. The van der Waals surface area contributed by atoms with E-state index in [2.05, 4.69) is 26.0 Å². The lowest BCUT2D eigenvalue weighted by Crippen LogP contribution is -2.22. The van der Waals surface area contributed by atoms with Gasteiger partial charge in [-0.1, -0.05) is 31.0 Å². The molecular weight excluding hydrogens is 396 g/mol. The number of carbonyl (C=O) groups is 2. The monoisotopic (exact) mass is 418 g/mol. The van der Waals surface area contributed by atoms with Gasteiger partial charge in [-0.25, -0.2) is 4.79 Å². The number of hydrogen-bond acceptors (Lipinski definition) is 7. The Hall–Kier alpha value is -3.95. The predicted molar refractivity (Wildman–Crippen MR) is 116 cm³/mol. The van der Waals surface area contributed by atoms with Gasteiger partial charge in [0.05, 0.1) is 6.20 Å². The summed E-state index contributed by atoms with van der Waals surface area (Å²) in [5, 5.41) is 12.6. The summed E-state index contributed by atoms with van der Waals surface area (Å²) in [4.78, 5) is 34.8. The van der Waals surface area contributed by atoms with Crippen molar-refractivity contribution in [1.82, 2.24) is 30.2 Å². The zero-order valence-electron chi connectivity index (χ0n) is 17.0. The molecule has 1 saturated carbocycles. The molecule has 3 heterocycles. The van der Waals surface area contributed by atoms with Crippen molar-refractivity contribution >= 4 is 41.2 Å². The highest BCUT2D eigenvalue weighted by atomic mass is 16.2. The number of rotatable bonds is 5. The third-order valence-electron chi connectivity index (χ3n) is 5.53. The first-order valence-electron chi connectivity index (χ1n) is 10.2. The fourth-order valence-corrected chi connectivity index (χ4v) is 3.92. The Kier molecular flexibility index (Phi) is 4.73. The van der Waals surface area contributed by atoms with Crippen molar-refractivity contribution in [3.63, 3.8) is 0 Å². The van der Waals surface area contributed by atoms with E-state index in [-0.39, 0.29) is 5.70 Å². The predicted octanol–water partition coefficient (Wildman–Crippen LogP) is 2.43. The normalized spacial score (nSPS) is 17.9. The van der Waals surface area contributed by atoms with E-state index in [1.54, 1.807) is 16.8 Å². The molecule has 2 aliphatic rings. The van der Waals surface area contributed by atoms with Crippen LogP contribution in [0.5, 0.6) is 0 Å². The number of urea groups is 1. The summed E-state index contributed by atoms with van der Waals surface area (Å²) in [7, 11) is 1.92. The average Bonchev–Trinajstić information content (AvgIpc) is 3.50. The number of hydrogen-bond donors (Lipinski definition) is 3. The number of nitrogens with zero attached hydrogens (tertiary/aromatic N) is 5. The quantitative estimate of drug-likeness (QED) is 0.430. The molecule has 10 nitrogen and oxygen atoms in total. The molecule has 3 aromatic rings. The van der Waals surface area contributed by atoms with Gasteiger partial charge < -0.3 is 15.5 Å². The molecule has 1 saturated heterocycles. The van der Waals surface area contributed by atoms with Crippen LogP contribution in [0.4, 0.5) is 22.4 Å². The summed E-state index contributed by atoms with van der Waals surface area (Å²) in [6.07, 6.45) is 7.73. The summed E-state index contributed by atoms with van der Waals surface area (Å²) >= 11 is 0. The zero-order valence-corrected chi connectivity index (χ0v) is 17.0. The lowest BCUT2D eigenvalue weighted by atomic mass is 10.2. The lowest BCUT2D eigenvalue weighted by molar-refractivity contribution is -0.115. The van der Waals surface area contributed by atoms with E-state index in [0.717, 1.165) is 18.5 Å². The van der Waals surface area contributed by atoms with Crippen molar-refractivity contribution in [3.05, 3.63) is 47.8 Å². The van der Waals surface area contributed by atoms with E-state index in [9.17, 15) is 9.59 Å². The number of aromatic nitrogens is 4. The number of amides is 3. The molecule has 1 aliphatic heterocycles. The Bertz CT molecular complexity index is 1180. The number of fused-ring (bicyclic) bond motifs is 1. The Morgan fingerprint density at radius 3 is 2.61 bits per heavy atom. The molecule has 1 aliphatic carbocycles. The fourth-order valence-electron chi connectivity index (χ4n) is 3.92. The largest absolute Gasteiger partial charge is 0.351 e. The van der Waals surface area contributed by atoms with Gasteiger partial charge in [-0.15, -0.1) is 0 Å². The summed E-state index contributed by atoms with van der Waals surface area (Å²) in [6, 6.07) is 9.65. The summed E-state index contributed by atoms with van der Waals surface area (Å²) in [6.45, 7) is 0.